The van der Waals surface area contributed by atoms with Crippen molar-refractivity contribution < 1.29 is 9.53 Å². The van der Waals surface area contributed by atoms with E-state index in [2.05, 4.69) is 10.00 Å². The van der Waals surface area contributed by atoms with Crippen LogP contribution in [0.2, 0.25) is 5.02 Å². The molecule has 0 radical (unpaired) electrons. The summed E-state index contributed by atoms with van der Waals surface area (Å²) in [6, 6.07) is 7.02. The summed E-state index contributed by atoms with van der Waals surface area (Å²) in [5.74, 6) is 1.19. The average molecular weight is 407 g/mol. The van der Waals surface area contributed by atoms with Crippen LogP contribution in [0, 0.1) is 0 Å². The van der Waals surface area contributed by atoms with E-state index >= 15 is 0 Å². The fourth-order valence-electron chi connectivity index (χ4n) is 3.66. The molecule has 7 nitrogen and oxygen atoms in total. The Morgan fingerprint density at radius 3 is 2.54 bits per heavy atom. The summed E-state index contributed by atoms with van der Waals surface area (Å²) in [7, 11) is 1.61. The van der Waals surface area contributed by atoms with Crippen molar-refractivity contribution in [2.75, 3.05) is 33.4 Å². The SMILES string of the molecule is CCn1c(C2CCN(CC(=O)c3ccc(Cl)cc3)CC2)nn(CCOC)c1=O. The number of hydrogen-bond donors (Lipinski definition) is 0. The average Bonchev–Trinajstić information content (AvgIpc) is 3.02. The molecule has 2 heterocycles. The van der Waals surface area contributed by atoms with Gasteiger partial charge in [0, 0.05) is 30.2 Å². The van der Waals surface area contributed by atoms with Crippen molar-refractivity contribution >= 4 is 17.4 Å². The Morgan fingerprint density at radius 1 is 1.25 bits per heavy atom. The maximum atomic E-state index is 12.5. The number of methoxy groups -OCH3 is 1. The summed E-state index contributed by atoms with van der Waals surface area (Å²) < 4.78 is 8.33. The van der Waals surface area contributed by atoms with Crippen LogP contribution in [0.1, 0.15) is 41.9 Å². The van der Waals surface area contributed by atoms with Gasteiger partial charge in [0.15, 0.2) is 5.78 Å². The fraction of sp³-hybridized carbons (Fsp3) is 0.550. The number of benzene rings is 1. The largest absolute Gasteiger partial charge is 0.383 e. The summed E-state index contributed by atoms with van der Waals surface area (Å²) in [4.78, 5) is 27.1. The molecular formula is C20H27ClN4O3. The monoisotopic (exact) mass is 406 g/mol. The van der Waals surface area contributed by atoms with E-state index in [0.29, 0.717) is 36.8 Å². The minimum Gasteiger partial charge on any atom is -0.383 e. The molecule has 1 saturated heterocycles. The standard InChI is InChI=1S/C20H27ClN4O3/c1-3-24-19(22-25(20(24)27)12-13-28-2)16-8-10-23(11-9-16)14-18(26)15-4-6-17(21)7-5-15/h4-7,16H,3,8-14H2,1-2H3. The molecule has 0 saturated carbocycles. The lowest BCUT2D eigenvalue weighted by molar-refractivity contribution is 0.0908. The van der Waals surface area contributed by atoms with Crippen LogP contribution in [0.15, 0.2) is 29.1 Å². The summed E-state index contributed by atoms with van der Waals surface area (Å²) in [6.45, 7) is 5.52. The lowest BCUT2D eigenvalue weighted by atomic mass is 9.95. The number of ketones is 1. The molecular weight excluding hydrogens is 380 g/mol. The van der Waals surface area contributed by atoms with Crippen molar-refractivity contribution in [3.8, 4) is 0 Å². The van der Waals surface area contributed by atoms with Crippen LogP contribution in [0.25, 0.3) is 0 Å². The Labute approximate surface area is 169 Å². The number of aromatic nitrogens is 3. The molecule has 1 aliphatic rings. The summed E-state index contributed by atoms with van der Waals surface area (Å²) in [6.07, 6.45) is 1.77. The normalized spacial score (nSPS) is 15.8. The van der Waals surface area contributed by atoms with E-state index in [9.17, 15) is 9.59 Å². The summed E-state index contributed by atoms with van der Waals surface area (Å²) in [5.41, 5.74) is 0.609. The highest BCUT2D eigenvalue weighted by atomic mass is 35.5. The van der Waals surface area contributed by atoms with E-state index in [4.69, 9.17) is 16.3 Å². The van der Waals surface area contributed by atoms with Gasteiger partial charge in [0.25, 0.3) is 0 Å². The molecule has 0 aliphatic carbocycles. The van der Waals surface area contributed by atoms with Gasteiger partial charge in [-0.25, -0.2) is 9.48 Å². The highest BCUT2D eigenvalue weighted by Crippen LogP contribution is 2.26. The van der Waals surface area contributed by atoms with Crippen molar-refractivity contribution in [2.24, 2.45) is 0 Å². The Kier molecular flexibility index (Phi) is 7.04. The molecule has 3 rings (SSSR count). The van der Waals surface area contributed by atoms with Crippen molar-refractivity contribution in [1.82, 2.24) is 19.2 Å². The van der Waals surface area contributed by atoms with Crippen LogP contribution in [-0.2, 0) is 17.8 Å². The lowest BCUT2D eigenvalue weighted by Gasteiger charge is -2.31. The highest BCUT2D eigenvalue weighted by molar-refractivity contribution is 6.30. The van der Waals surface area contributed by atoms with E-state index in [-0.39, 0.29) is 17.4 Å². The smallest absolute Gasteiger partial charge is 0.345 e. The molecule has 0 N–H and O–H groups in total. The molecule has 0 amide bonds. The van der Waals surface area contributed by atoms with Crippen LogP contribution < -0.4 is 5.69 Å². The van der Waals surface area contributed by atoms with Gasteiger partial charge < -0.3 is 4.74 Å². The maximum Gasteiger partial charge on any atom is 0.345 e. The van der Waals surface area contributed by atoms with Gasteiger partial charge in [-0.05, 0) is 57.1 Å². The first-order valence-corrected chi connectivity index (χ1v) is 10.1. The molecule has 28 heavy (non-hydrogen) atoms. The number of rotatable bonds is 8. The Hall–Kier alpha value is -1.96. The molecule has 0 atom stereocenters. The molecule has 1 fully saturated rings. The molecule has 2 aromatic rings. The number of likely N-dealkylation sites (tertiary alicyclic amines) is 1. The number of Topliss-reactive ketones (excluding diaryl/α,β-unsaturated/α-hetero) is 1. The zero-order valence-corrected chi connectivity index (χ0v) is 17.2. The third-order valence-corrected chi connectivity index (χ3v) is 5.51. The Balaban J connectivity index is 1.61. The van der Waals surface area contributed by atoms with Crippen LogP contribution >= 0.6 is 11.6 Å². The second kappa shape index (κ2) is 9.49. The van der Waals surface area contributed by atoms with Gasteiger partial charge in [0.2, 0.25) is 0 Å². The van der Waals surface area contributed by atoms with Crippen molar-refractivity contribution in [3.05, 3.63) is 51.2 Å². The summed E-state index contributed by atoms with van der Waals surface area (Å²) in [5, 5.41) is 5.20. The van der Waals surface area contributed by atoms with Gasteiger partial charge in [-0.3, -0.25) is 14.3 Å². The van der Waals surface area contributed by atoms with Gasteiger partial charge >= 0.3 is 5.69 Å². The number of piperidine rings is 1. The third-order valence-electron chi connectivity index (χ3n) is 5.26. The number of hydrogen-bond acceptors (Lipinski definition) is 5. The van der Waals surface area contributed by atoms with E-state index in [1.54, 1.807) is 35.9 Å². The lowest BCUT2D eigenvalue weighted by Crippen LogP contribution is -2.37. The molecule has 1 aromatic carbocycles. The molecule has 1 aromatic heterocycles. The van der Waals surface area contributed by atoms with E-state index in [1.165, 1.54) is 4.68 Å². The topological polar surface area (TPSA) is 69.4 Å². The number of carbonyl (C=O) groups excluding carboxylic acids is 1. The second-order valence-electron chi connectivity index (χ2n) is 7.08. The van der Waals surface area contributed by atoms with Crippen molar-refractivity contribution in [3.63, 3.8) is 0 Å². The minimum absolute atomic E-state index is 0.0742. The molecule has 8 heteroatoms. The van der Waals surface area contributed by atoms with E-state index in [0.717, 1.165) is 31.8 Å². The van der Waals surface area contributed by atoms with Gasteiger partial charge in [-0.2, -0.15) is 5.10 Å². The number of ether oxygens (including phenoxy) is 1. The first-order valence-electron chi connectivity index (χ1n) is 9.71. The molecule has 1 aliphatic heterocycles. The number of nitrogens with zero attached hydrogens (tertiary/aromatic N) is 4. The minimum atomic E-state index is -0.0742. The van der Waals surface area contributed by atoms with Gasteiger partial charge in [0.05, 0.1) is 19.7 Å². The van der Waals surface area contributed by atoms with Crippen LogP contribution in [-0.4, -0.2) is 58.4 Å². The number of carbonyl (C=O) groups is 1. The predicted octanol–water partition coefficient (Wildman–Crippen LogP) is 2.43. The van der Waals surface area contributed by atoms with Gasteiger partial charge in [-0.15, -0.1) is 0 Å². The first kappa shape index (κ1) is 20.8. The van der Waals surface area contributed by atoms with Crippen LogP contribution in [0.4, 0.5) is 0 Å². The Bertz CT molecular complexity index is 851. The van der Waals surface area contributed by atoms with Gasteiger partial charge in [0.1, 0.15) is 5.82 Å². The molecule has 0 bridgehead atoms. The molecule has 0 spiro atoms. The molecule has 0 unspecified atom stereocenters. The zero-order chi connectivity index (χ0) is 20.1. The first-order chi connectivity index (χ1) is 13.5. The van der Waals surface area contributed by atoms with E-state index < -0.39 is 0 Å². The quantitative estimate of drug-likeness (QED) is 0.630. The Morgan fingerprint density at radius 2 is 1.93 bits per heavy atom. The van der Waals surface area contributed by atoms with Crippen molar-refractivity contribution in [2.45, 2.75) is 38.8 Å². The summed E-state index contributed by atoms with van der Waals surface area (Å²) >= 11 is 5.89. The third kappa shape index (κ3) is 4.71. The number of halogens is 1. The van der Waals surface area contributed by atoms with E-state index in [1.807, 2.05) is 6.92 Å². The van der Waals surface area contributed by atoms with Crippen LogP contribution in [0.3, 0.4) is 0 Å². The molecule has 152 valence electrons. The fourth-order valence-corrected chi connectivity index (χ4v) is 3.79. The second-order valence-corrected chi connectivity index (χ2v) is 7.52. The zero-order valence-electron chi connectivity index (χ0n) is 16.4. The highest BCUT2D eigenvalue weighted by Gasteiger charge is 2.27. The van der Waals surface area contributed by atoms with Crippen molar-refractivity contribution in [1.29, 1.82) is 0 Å². The van der Waals surface area contributed by atoms with Gasteiger partial charge in [-0.1, -0.05) is 11.6 Å². The maximum absolute atomic E-state index is 12.5. The van der Waals surface area contributed by atoms with Crippen LogP contribution in [0.5, 0.6) is 0 Å². The predicted molar refractivity (Wildman–Crippen MR) is 108 cm³/mol.